The number of hydrogen-bond donors (Lipinski definition) is 1. The molecular formula is C12H11Cl2N3O3. The second-order valence-corrected chi connectivity index (χ2v) is 5.19. The van der Waals surface area contributed by atoms with Gasteiger partial charge in [0.2, 0.25) is 5.79 Å². The Kier molecular flexibility index (Phi) is 3.55. The van der Waals surface area contributed by atoms with E-state index in [-0.39, 0.29) is 5.82 Å². The van der Waals surface area contributed by atoms with Crippen LogP contribution in [0, 0.1) is 0 Å². The van der Waals surface area contributed by atoms with Gasteiger partial charge in [-0.15, -0.1) is 0 Å². The molecule has 6 nitrogen and oxygen atoms in total. The molecule has 2 aromatic rings. The maximum absolute atomic E-state index is 6.02. The molecule has 3 rings (SSSR count). The zero-order valence-corrected chi connectivity index (χ0v) is 11.8. The van der Waals surface area contributed by atoms with Crippen molar-refractivity contribution < 1.29 is 14.1 Å². The van der Waals surface area contributed by atoms with Crippen LogP contribution in [-0.2, 0) is 21.7 Å². The quantitative estimate of drug-likeness (QED) is 0.936. The Bertz CT molecular complexity index is 626. The number of anilines is 1. The SMILES string of the molecule is Nc1nonc1C1(Cc2ccc(Cl)c(Cl)c2)OCCO1. The zero-order valence-electron chi connectivity index (χ0n) is 10.3. The third-order valence-corrected chi connectivity index (χ3v) is 3.79. The van der Waals surface area contributed by atoms with Crippen LogP contribution in [0.4, 0.5) is 5.82 Å². The Morgan fingerprint density at radius 2 is 1.90 bits per heavy atom. The van der Waals surface area contributed by atoms with E-state index < -0.39 is 5.79 Å². The van der Waals surface area contributed by atoms with Gasteiger partial charge in [0, 0.05) is 6.42 Å². The maximum atomic E-state index is 6.02. The van der Waals surface area contributed by atoms with Crippen LogP contribution >= 0.6 is 23.2 Å². The van der Waals surface area contributed by atoms with E-state index in [4.69, 9.17) is 38.4 Å². The third kappa shape index (κ3) is 2.35. The first-order valence-electron chi connectivity index (χ1n) is 5.91. The molecule has 1 aromatic carbocycles. The summed E-state index contributed by atoms with van der Waals surface area (Å²) < 4.78 is 16.0. The van der Waals surface area contributed by atoms with Crippen molar-refractivity contribution in [2.45, 2.75) is 12.2 Å². The molecule has 0 bridgehead atoms. The van der Waals surface area contributed by atoms with Crippen molar-refractivity contribution in [1.29, 1.82) is 0 Å². The second-order valence-electron chi connectivity index (χ2n) is 4.37. The van der Waals surface area contributed by atoms with Crippen LogP contribution in [0.25, 0.3) is 0 Å². The molecule has 0 unspecified atom stereocenters. The smallest absolute Gasteiger partial charge is 0.224 e. The van der Waals surface area contributed by atoms with E-state index >= 15 is 0 Å². The molecule has 106 valence electrons. The largest absolute Gasteiger partial charge is 0.379 e. The Morgan fingerprint density at radius 1 is 1.15 bits per heavy atom. The zero-order chi connectivity index (χ0) is 14.2. The summed E-state index contributed by atoms with van der Waals surface area (Å²) in [5.74, 6) is -0.951. The molecule has 20 heavy (non-hydrogen) atoms. The van der Waals surface area contributed by atoms with Crippen molar-refractivity contribution >= 4 is 29.0 Å². The number of ether oxygens (including phenoxy) is 2. The van der Waals surface area contributed by atoms with E-state index in [0.29, 0.717) is 35.4 Å². The van der Waals surface area contributed by atoms with Crippen LogP contribution in [0.1, 0.15) is 11.3 Å². The number of halogens is 2. The van der Waals surface area contributed by atoms with Crippen molar-refractivity contribution in [2.24, 2.45) is 0 Å². The number of benzene rings is 1. The van der Waals surface area contributed by atoms with Crippen LogP contribution < -0.4 is 5.73 Å². The lowest BCUT2D eigenvalue weighted by atomic mass is 10.0. The lowest BCUT2D eigenvalue weighted by molar-refractivity contribution is -0.168. The molecule has 1 fully saturated rings. The lowest BCUT2D eigenvalue weighted by Crippen LogP contribution is -2.31. The summed E-state index contributed by atoms with van der Waals surface area (Å²) in [5.41, 5.74) is 6.95. The molecule has 0 radical (unpaired) electrons. The van der Waals surface area contributed by atoms with Gasteiger partial charge in [0.15, 0.2) is 11.5 Å². The summed E-state index contributed by atoms with van der Waals surface area (Å²) in [6.07, 6.45) is 0.377. The highest BCUT2D eigenvalue weighted by Crippen LogP contribution is 2.37. The van der Waals surface area contributed by atoms with Gasteiger partial charge in [-0.25, -0.2) is 4.63 Å². The van der Waals surface area contributed by atoms with Crippen LogP contribution in [0.15, 0.2) is 22.8 Å². The molecule has 0 amide bonds. The van der Waals surface area contributed by atoms with E-state index in [2.05, 4.69) is 14.9 Å². The summed E-state index contributed by atoms with van der Waals surface area (Å²) in [6.45, 7) is 0.876. The predicted molar refractivity (Wildman–Crippen MR) is 72.5 cm³/mol. The Labute approximate surface area is 124 Å². The molecule has 0 saturated carbocycles. The van der Waals surface area contributed by atoms with E-state index in [9.17, 15) is 0 Å². The Morgan fingerprint density at radius 3 is 2.50 bits per heavy atom. The highest BCUT2D eigenvalue weighted by atomic mass is 35.5. The van der Waals surface area contributed by atoms with Crippen molar-refractivity contribution in [1.82, 2.24) is 10.3 Å². The molecule has 1 aliphatic heterocycles. The fraction of sp³-hybridized carbons (Fsp3) is 0.333. The Hall–Kier alpha value is -1.34. The highest BCUT2D eigenvalue weighted by Gasteiger charge is 2.44. The van der Waals surface area contributed by atoms with Crippen LogP contribution in [0.5, 0.6) is 0 Å². The number of nitrogen functional groups attached to an aromatic ring is 1. The first kappa shape index (κ1) is 13.6. The van der Waals surface area contributed by atoms with Crippen LogP contribution in [-0.4, -0.2) is 23.5 Å². The number of hydrogen-bond acceptors (Lipinski definition) is 6. The van der Waals surface area contributed by atoms with Crippen molar-refractivity contribution in [3.63, 3.8) is 0 Å². The van der Waals surface area contributed by atoms with E-state index in [1.54, 1.807) is 12.1 Å². The molecule has 0 aliphatic carbocycles. The van der Waals surface area contributed by atoms with Gasteiger partial charge >= 0.3 is 0 Å². The van der Waals surface area contributed by atoms with Crippen molar-refractivity contribution in [3.8, 4) is 0 Å². The second kappa shape index (κ2) is 5.21. The van der Waals surface area contributed by atoms with Crippen molar-refractivity contribution in [2.75, 3.05) is 18.9 Å². The number of nitrogens with two attached hydrogens (primary N) is 1. The van der Waals surface area contributed by atoms with Gasteiger partial charge in [0.05, 0.1) is 23.3 Å². The summed E-state index contributed by atoms with van der Waals surface area (Å²) in [7, 11) is 0. The molecule has 0 atom stereocenters. The standard InChI is InChI=1S/C12H11Cl2N3O3/c13-8-2-1-7(5-9(8)14)6-12(18-3-4-19-12)10-11(15)17-20-16-10/h1-2,5H,3-4,6H2,(H2,15,17). The fourth-order valence-electron chi connectivity index (χ4n) is 2.16. The molecule has 1 saturated heterocycles. The van der Waals surface area contributed by atoms with Gasteiger partial charge in [-0.05, 0) is 28.0 Å². The van der Waals surface area contributed by atoms with Gasteiger partial charge < -0.3 is 15.2 Å². The molecule has 8 heteroatoms. The topological polar surface area (TPSA) is 83.4 Å². The average molecular weight is 316 g/mol. The molecular weight excluding hydrogens is 305 g/mol. The van der Waals surface area contributed by atoms with E-state index in [0.717, 1.165) is 5.56 Å². The highest BCUT2D eigenvalue weighted by molar-refractivity contribution is 6.42. The lowest BCUT2D eigenvalue weighted by Gasteiger charge is -2.25. The van der Waals surface area contributed by atoms with E-state index in [1.165, 1.54) is 0 Å². The van der Waals surface area contributed by atoms with Gasteiger partial charge in [-0.2, -0.15) is 0 Å². The first-order chi connectivity index (χ1) is 9.61. The minimum absolute atomic E-state index is 0.145. The summed E-state index contributed by atoms with van der Waals surface area (Å²) >= 11 is 11.9. The average Bonchev–Trinajstić information content (AvgIpc) is 3.04. The Balaban J connectivity index is 1.96. The maximum Gasteiger partial charge on any atom is 0.224 e. The van der Waals surface area contributed by atoms with Crippen LogP contribution in [0.3, 0.4) is 0 Å². The molecule has 0 spiro atoms. The van der Waals surface area contributed by atoms with Crippen molar-refractivity contribution in [3.05, 3.63) is 39.5 Å². The minimum atomic E-state index is -1.10. The molecule has 1 aliphatic rings. The normalized spacial score (nSPS) is 17.5. The molecule has 1 aromatic heterocycles. The van der Waals surface area contributed by atoms with Gasteiger partial charge in [-0.1, -0.05) is 29.3 Å². The van der Waals surface area contributed by atoms with E-state index in [1.807, 2.05) is 6.07 Å². The van der Waals surface area contributed by atoms with Gasteiger partial charge in [0.25, 0.3) is 0 Å². The summed E-state index contributed by atoms with van der Waals surface area (Å²) in [6, 6.07) is 5.30. The first-order valence-corrected chi connectivity index (χ1v) is 6.67. The van der Waals surface area contributed by atoms with Gasteiger partial charge in [0.1, 0.15) is 0 Å². The van der Waals surface area contributed by atoms with Gasteiger partial charge in [-0.3, -0.25) is 0 Å². The van der Waals surface area contributed by atoms with Crippen LogP contribution in [0.2, 0.25) is 10.0 Å². The fourth-order valence-corrected chi connectivity index (χ4v) is 2.48. The summed E-state index contributed by atoms with van der Waals surface area (Å²) in [4.78, 5) is 0. The monoisotopic (exact) mass is 315 g/mol. The number of nitrogens with zero attached hydrogens (tertiary/aromatic N) is 2. The summed E-state index contributed by atoms with van der Waals surface area (Å²) in [5, 5.41) is 8.30. The molecule has 2 N–H and O–H groups in total. The number of rotatable bonds is 3. The number of aromatic nitrogens is 2. The third-order valence-electron chi connectivity index (χ3n) is 3.05. The predicted octanol–water partition coefficient (Wildman–Crippen LogP) is 2.40. The molecule has 2 heterocycles. The minimum Gasteiger partial charge on any atom is -0.379 e.